The quantitative estimate of drug-likeness (QED) is 0.712. The first kappa shape index (κ1) is 19.2. The number of aryl methyl sites for hydroxylation is 1. The van der Waals surface area contributed by atoms with Gasteiger partial charge >= 0.3 is 0 Å². The highest BCUT2D eigenvalue weighted by atomic mass is 16.5. The predicted octanol–water partition coefficient (Wildman–Crippen LogP) is 4.04. The number of amides is 1. The number of nitrogens with zero attached hydrogens (tertiary/aromatic N) is 3. The molecular weight excluding hydrogens is 364 g/mol. The van der Waals surface area contributed by atoms with Crippen LogP contribution in [-0.4, -0.2) is 48.7 Å². The maximum atomic E-state index is 12.6. The van der Waals surface area contributed by atoms with Crippen molar-refractivity contribution in [2.24, 2.45) is 0 Å². The van der Waals surface area contributed by atoms with E-state index in [9.17, 15) is 4.79 Å². The Morgan fingerprint density at radius 1 is 1.07 bits per heavy atom. The van der Waals surface area contributed by atoms with Crippen molar-refractivity contribution in [3.05, 3.63) is 65.9 Å². The number of piperazine rings is 1. The van der Waals surface area contributed by atoms with E-state index in [2.05, 4.69) is 39.3 Å². The molecule has 0 aliphatic carbocycles. The fraction of sp³-hybridized carbons (Fsp3) is 0.304. The largest absolute Gasteiger partial charge is 0.369 e. The molecule has 0 saturated carbocycles. The summed E-state index contributed by atoms with van der Waals surface area (Å²) in [5.41, 5.74) is 4.17. The molecule has 4 rings (SSSR count). The summed E-state index contributed by atoms with van der Waals surface area (Å²) in [5.74, 6) is 0.303. The lowest BCUT2D eigenvalue weighted by Crippen LogP contribution is -2.46. The number of nitrogens with one attached hydrogen (secondary N) is 1. The van der Waals surface area contributed by atoms with Crippen molar-refractivity contribution in [1.29, 1.82) is 0 Å². The summed E-state index contributed by atoms with van der Waals surface area (Å²) >= 11 is 0. The van der Waals surface area contributed by atoms with Gasteiger partial charge in [-0.1, -0.05) is 42.4 Å². The Kier molecular flexibility index (Phi) is 5.62. The van der Waals surface area contributed by atoms with Crippen LogP contribution in [0.3, 0.4) is 0 Å². The van der Waals surface area contributed by atoms with Crippen LogP contribution in [0.1, 0.15) is 23.0 Å². The summed E-state index contributed by atoms with van der Waals surface area (Å²) in [6.07, 6.45) is 0. The maximum Gasteiger partial charge on any atom is 0.277 e. The Morgan fingerprint density at radius 3 is 2.52 bits per heavy atom. The molecule has 1 aliphatic heterocycles. The molecule has 6 nitrogen and oxygen atoms in total. The van der Waals surface area contributed by atoms with Crippen molar-refractivity contribution in [1.82, 2.24) is 10.1 Å². The van der Waals surface area contributed by atoms with Gasteiger partial charge in [-0.2, -0.15) is 0 Å². The van der Waals surface area contributed by atoms with E-state index in [4.69, 9.17) is 4.52 Å². The number of benzene rings is 2. The standard InChI is InChI=1S/C23H26N4O2/c1-3-26-11-13-27(14-12-26)19-9-10-20(17(2)15-19)24-23(28)21-16-22(29-25-21)18-7-5-4-6-8-18/h4-10,15-16H,3,11-14H2,1-2H3,(H,24,28). The lowest BCUT2D eigenvalue weighted by atomic mass is 10.1. The van der Waals surface area contributed by atoms with E-state index in [-0.39, 0.29) is 11.6 Å². The summed E-state index contributed by atoms with van der Waals surface area (Å²) in [6.45, 7) is 9.55. The normalized spacial score (nSPS) is 14.8. The zero-order valence-corrected chi connectivity index (χ0v) is 16.9. The third-order valence-corrected chi connectivity index (χ3v) is 5.44. The number of anilines is 2. The molecule has 0 unspecified atom stereocenters. The van der Waals surface area contributed by atoms with Gasteiger partial charge in [0.15, 0.2) is 11.5 Å². The average Bonchev–Trinajstić information content (AvgIpc) is 3.26. The van der Waals surface area contributed by atoms with Crippen LogP contribution in [0, 0.1) is 6.92 Å². The van der Waals surface area contributed by atoms with Gasteiger partial charge in [0.2, 0.25) is 0 Å². The van der Waals surface area contributed by atoms with Crippen LogP contribution < -0.4 is 10.2 Å². The summed E-state index contributed by atoms with van der Waals surface area (Å²) < 4.78 is 5.33. The lowest BCUT2D eigenvalue weighted by molar-refractivity contribution is 0.101. The van der Waals surface area contributed by atoms with Crippen LogP contribution >= 0.6 is 0 Å². The van der Waals surface area contributed by atoms with Gasteiger partial charge in [-0.3, -0.25) is 4.79 Å². The number of carbonyl (C=O) groups is 1. The molecule has 6 heteroatoms. The average molecular weight is 390 g/mol. The van der Waals surface area contributed by atoms with Crippen molar-refractivity contribution >= 4 is 17.3 Å². The summed E-state index contributed by atoms with van der Waals surface area (Å²) in [7, 11) is 0. The van der Waals surface area contributed by atoms with Crippen LogP contribution in [0.15, 0.2) is 59.1 Å². The highest BCUT2D eigenvalue weighted by Gasteiger charge is 2.18. The van der Waals surface area contributed by atoms with E-state index in [1.165, 1.54) is 5.69 Å². The van der Waals surface area contributed by atoms with Crippen LogP contribution in [0.2, 0.25) is 0 Å². The molecule has 1 amide bonds. The number of likely N-dealkylation sites (N-methyl/N-ethyl adjacent to an activating group) is 1. The Bertz CT molecular complexity index is 976. The number of carbonyl (C=O) groups excluding carboxylic acids is 1. The molecular formula is C23H26N4O2. The zero-order valence-electron chi connectivity index (χ0n) is 16.9. The second-order valence-corrected chi connectivity index (χ2v) is 7.32. The first-order valence-electron chi connectivity index (χ1n) is 10.1. The van der Waals surface area contributed by atoms with Gasteiger partial charge in [0.1, 0.15) is 0 Å². The highest BCUT2D eigenvalue weighted by Crippen LogP contribution is 2.25. The minimum absolute atomic E-state index is 0.267. The van der Waals surface area contributed by atoms with Crippen molar-refractivity contribution < 1.29 is 9.32 Å². The third kappa shape index (κ3) is 4.32. The number of aromatic nitrogens is 1. The van der Waals surface area contributed by atoms with Gasteiger partial charge in [0.25, 0.3) is 5.91 Å². The van der Waals surface area contributed by atoms with E-state index in [1.54, 1.807) is 6.07 Å². The Morgan fingerprint density at radius 2 is 1.83 bits per heavy atom. The molecule has 1 N–H and O–H groups in total. The topological polar surface area (TPSA) is 61.6 Å². The molecule has 2 aromatic carbocycles. The molecule has 1 saturated heterocycles. The van der Waals surface area contributed by atoms with Crippen LogP contribution in [-0.2, 0) is 0 Å². The van der Waals surface area contributed by atoms with Gasteiger partial charge in [0, 0.05) is 49.2 Å². The van der Waals surface area contributed by atoms with E-state index in [0.717, 1.165) is 49.5 Å². The second kappa shape index (κ2) is 8.49. The Hall–Kier alpha value is -3.12. The lowest BCUT2D eigenvalue weighted by Gasteiger charge is -2.35. The molecule has 0 bridgehead atoms. The maximum absolute atomic E-state index is 12.6. The monoisotopic (exact) mass is 390 g/mol. The van der Waals surface area contributed by atoms with Crippen LogP contribution in [0.4, 0.5) is 11.4 Å². The van der Waals surface area contributed by atoms with Crippen molar-refractivity contribution in [2.75, 3.05) is 42.9 Å². The molecule has 1 fully saturated rings. The van der Waals surface area contributed by atoms with E-state index < -0.39 is 0 Å². The molecule has 3 aromatic rings. The van der Waals surface area contributed by atoms with Crippen molar-refractivity contribution in [2.45, 2.75) is 13.8 Å². The molecule has 0 spiro atoms. The van der Waals surface area contributed by atoms with Gasteiger partial charge in [-0.05, 0) is 37.2 Å². The van der Waals surface area contributed by atoms with E-state index in [0.29, 0.717) is 5.76 Å². The number of hydrogen-bond acceptors (Lipinski definition) is 5. The van der Waals surface area contributed by atoms with Crippen molar-refractivity contribution in [3.8, 4) is 11.3 Å². The summed E-state index contributed by atoms with van der Waals surface area (Å²) in [4.78, 5) is 17.5. The van der Waals surface area contributed by atoms with Gasteiger partial charge in [-0.15, -0.1) is 0 Å². The summed E-state index contributed by atoms with van der Waals surface area (Å²) in [5, 5.41) is 6.87. The van der Waals surface area contributed by atoms with E-state index in [1.807, 2.05) is 43.3 Å². The molecule has 0 atom stereocenters. The molecule has 2 heterocycles. The molecule has 0 radical (unpaired) electrons. The highest BCUT2D eigenvalue weighted by molar-refractivity contribution is 6.03. The van der Waals surface area contributed by atoms with Crippen LogP contribution in [0.5, 0.6) is 0 Å². The molecule has 29 heavy (non-hydrogen) atoms. The first-order chi connectivity index (χ1) is 14.1. The minimum atomic E-state index is -0.275. The smallest absolute Gasteiger partial charge is 0.277 e. The number of rotatable bonds is 5. The summed E-state index contributed by atoms with van der Waals surface area (Å²) in [6, 6.07) is 17.5. The number of hydrogen-bond donors (Lipinski definition) is 1. The Labute approximate surface area is 171 Å². The SMILES string of the molecule is CCN1CCN(c2ccc(NC(=O)c3cc(-c4ccccc4)on3)c(C)c2)CC1. The fourth-order valence-electron chi connectivity index (χ4n) is 3.61. The first-order valence-corrected chi connectivity index (χ1v) is 10.1. The van der Waals surface area contributed by atoms with Gasteiger partial charge in [-0.25, -0.2) is 0 Å². The fourth-order valence-corrected chi connectivity index (χ4v) is 3.61. The van der Waals surface area contributed by atoms with Gasteiger partial charge < -0.3 is 19.6 Å². The molecule has 150 valence electrons. The zero-order chi connectivity index (χ0) is 20.2. The van der Waals surface area contributed by atoms with Crippen molar-refractivity contribution in [3.63, 3.8) is 0 Å². The third-order valence-electron chi connectivity index (χ3n) is 5.44. The molecule has 1 aliphatic rings. The molecule has 1 aromatic heterocycles. The second-order valence-electron chi connectivity index (χ2n) is 7.32. The van der Waals surface area contributed by atoms with E-state index >= 15 is 0 Å². The Balaban J connectivity index is 1.43. The predicted molar refractivity (Wildman–Crippen MR) is 115 cm³/mol. The van der Waals surface area contributed by atoms with Gasteiger partial charge in [0.05, 0.1) is 0 Å². The minimum Gasteiger partial charge on any atom is -0.369 e. The van der Waals surface area contributed by atoms with Crippen LogP contribution in [0.25, 0.3) is 11.3 Å².